The molecule has 3 N–H and O–H groups in total. The van der Waals surface area contributed by atoms with Crippen LogP contribution in [0.3, 0.4) is 0 Å². The SMILES string of the molecule is CCCCOC(=O)c1c(C)c(N)c(C)c(C(=O)OCCCC)c1O.Cl. The summed E-state index contributed by atoms with van der Waals surface area (Å²) in [5.41, 5.74) is 6.94. The monoisotopic (exact) mass is 373 g/mol. The van der Waals surface area contributed by atoms with E-state index >= 15 is 0 Å². The fraction of sp³-hybridized carbons (Fsp3) is 0.556. The van der Waals surface area contributed by atoms with Gasteiger partial charge < -0.3 is 20.3 Å². The molecule has 6 nitrogen and oxygen atoms in total. The number of ether oxygens (including phenoxy) is 2. The molecule has 1 aromatic rings. The molecule has 0 spiro atoms. The number of phenolic OH excluding ortho intramolecular Hbond substituents is 1. The third kappa shape index (κ3) is 5.53. The fourth-order valence-electron chi connectivity index (χ4n) is 2.29. The highest BCUT2D eigenvalue weighted by atomic mass is 35.5. The predicted octanol–water partition coefficient (Wildman–Crippen LogP) is 3.93. The number of benzene rings is 1. The minimum Gasteiger partial charge on any atom is -0.506 e. The zero-order valence-corrected chi connectivity index (χ0v) is 16.1. The lowest BCUT2D eigenvalue weighted by atomic mass is 9.95. The van der Waals surface area contributed by atoms with Gasteiger partial charge in [-0.1, -0.05) is 26.7 Å². The van der Waals surface area contributed by atoms with E-state index in [1.165, 1.54) is 0 Å². The first kappa shape index (κ1) is 23.1. The van der Waals surface area contributed by atoms with Gasteiger partial charge in [-0.25, -0.2) is 9.59 Å². The number of hydrogen-bond acceptors (Lipinski definition) is 6. The molecule has 0 bridgehead atoms. The average molecular weight is 374 g/mol. The molecule has 1 rings (SSSR count). The number of carbonyl (C=O) groups is 2. The number of nitrogen functional groups attached to an aromatic ring is 1. The summed E-state index contributed by atoms with van der Waals surface area (Å²) in [4.78, 5) is 24.5. The van der Waals surface area contributed by atoms with Crippen LogP contribution in [0, 0.1) is 13.8 Å². The molecule has 142 valence electrons. The van der Waals surface area contributed by atoms with E-state index in [1.54, 1.807) is 13.8 Å². The maximum Gasteiger partial charge on any atom is 0.342 e. The van der Waals surface area contributed by atoms with Gasteiger partial charge in [0.1, 0.15) is 16.9 Å². The quantitative estimate of drug-likeness (QED) is 0.310. The largest absolute Gasteiger partial charge is 0.506 e. The summed E-state index contributed by atoms with van der Waals surface area (Å²) in [5.74, 6) is -1.80. The number of anilines is 1. The van der Waals surface area contributed by atoms with Crippen molar-refractivity contribution < 1.29 is 24.2 Å². The van der Waals surface area contributed by atoms with Crippen molar-refractivity contribution in [1.29, 1.82) is 0 Å². The molecule has 0 amide bonds. The standard InChI is InChI=1S/C18H27NO5.ClH/c1-5-7-9-23-17(21)13-11(3)15(19)12(4)14(16(13)20)18(22)24-10-8-6-2;/h20H,5-10,19H2,1-4H3;1H. The second kappa shape index (κ2) is 10.8. The van der Waals surface area contributed by atoms with E-state index in [0.717, 1.165) is 25.7 Å². The number of unbranched alkanes of at least 4 members (excludes halogenated alkanes) is 2. The normalized spacial score (nSPS) is 10.1. The second-order valence-corrected chi connectivity index (χ2v) is 5.74. The van der Waals surface area contributed by atoms with Gasteiger partial charge in [-0.2, -0.15) is 0 Å². The van der Waals surface area contributed by atoms with Crippen molar-refractivity contribution in [1.82, 2.24) is 0 Å². The van der Waals surface area contributed by atoms with Crippen molar-refractivity contribution in [2.75, 3.05) is 18.9 Å². The predicted molar refractivity (Wildman–Crippen MR) is 99.6 cm³/mol. The number of aromatic hydroxyl groups is 1. The van der Waals surface area contributed by atoms with Gasteiger partial charge in [0.15, 0.2) is 0 Å². The third-order valence-electron chi connectivity index (χ3n) is 3.90. The summed E-state index contributed by atoms with van der Waals surface area (Å²) in [7, 11) is 0. The van der Waals surface area contributed by atoms with Crippen LogP contribution in [0.25, 0.3) is 0 Å². The number of carbonyl (C=O) groups excluding carboxylic acids is 2. The van der Waals surface area contributed by atoms with Crippen LogP contribution in [0.5, 0.6) is 5.75 Å². The Balaban J connectivity index is 0.00000576. The highest BCUT2D eigenvalue weighted by Crippen LogP contribution is 2.35. The summed E-state index contributed by atoms with van der Waals surface area (Å²) in [6.07, 6.45) is 3.20. The van der Waals surface area contributed by atoms with Crippen LogP contribution >= 0.6 is 12.4 Å². The Morgan fingerprint density at radius 3 is 1.60 bits per heavy atom. The molecule has 25 heavy (non-hydrogen) atoms. The van der Waals surface area contributed by atoms with Crippen LogP contribution in [-0.2, 0) is 9.47 Å². The summed E-state index contributed by atoms with van der Waals surface area (Å²) in [5, 5.41) is 10.5. The van der Waals surface area contributed by atoms with E-state index in [-0.39, 0.29) is 42.4 Å². The molecule has 0 radical (unpaired) electrons. The Bertz CT molecular complexity index is 567. The minimum absolute atomic E-state index is 0. The van der Waals surface area contributed by atoms with Crippen LogP contribution < -0.4 is 5.73 Å². The van der Waals surface area contributed by atoms with E-state index in [1.807, 2.05) is 13.8 Å². The van der Waals surface area contributed by atoms with Gasteiger partial charge >= 0.3 is 11.9 Å². The Hall–Kier alpha value is -1.95. The molecular formula is C18H28ClNO5. The zero-order valence-electron chi connectivity index (χ0n) is 15.3. The molecule has 7 heteroatoms. The summed E-state index contributed by atoms with van der Waals surface area (Å²) >= 11 is 0. The van der Waals surface area contributed by atoms with E-state index in [4.69, 9.17) is 15.2 Å². The van der Waals surface area contributed by atoms with Crippen molar-refractivity contribution in [2.24, 2.45) is 0 Å². The maximum absolute atomic E-state index is 12.3. The number of halogens is 1. The number of nitrogens with two attached hydrogens (primary N) is 1. The molecule has 0 saturated carbocycles. The second-order valence-electron chi connectivity index (χ2n) is 5.74. The first-order valence-electron chi connectivity index (χ1n) is 8.32. The Labute approximate surface area is 155 Å². The van der Waals surface area contributed by atoms with Gasteiger partial charge in [0.05, 0.1) is 13.2 Å². The molecule has 0 aliphatic heterocycles. The Morgan fingerprint density at radius 1 is 0.920 bits per heavy atom. The van der Waals surface area contributed by atoms with Crippen LogP contribution in [0.2, 0.25) is 0 Å². The summed E-state index contributed by atoms with van der Waals surface area (Å²) < 4.78 is 10.3. The Morgan fingerprint density at radius 2 is 1.28 bits per heavy atom. The highest BCUT2D eigenvalue weighted by Gasteiger charge is 2.28. The van der Waals surface area contributed by atoms with E-state index in [9.17, 15) is 14.7 Å². The number of phenols is 1. The summed E-state index contributed by atoms with van der Waals surface area (Å²) in [6.45, 7) is 7.68. The molecule has 0 aromatic heterocycles. The van der Waals surface area contributed by atoms with Gasteiger partial charge in [0.25, 0.3) is 0 Å². The van der Waals surface area contributed by atoms with Gasteiger partial charge in [-0.3, -0.25) is 0 Å². The molecule has 0 atom stereocenters. The van der Waals surface area contributed by atoms with Gasteiger partial charge in [0.2, 0.25) is 0 Å². The fourth-order valence-corrected chi connectivity index (χ4v) is 2.29. The van der Waals surface area contributed by atoms with E-state index in [2.05, 4.69) is 0 Å². The van der Waals surface area contributed by atoms with Crippen LogP contribution in [0.15, 0.2) is 0 Å². The van der Waals surface area contributed by atoms with Crippen molar-refractivity contribution in [3.05, 3.63) is 22.3 Å². The summed E-state index contributed by atoms with van der Waals surface area (Å²) in [6, 6.07) is 0. The van der Waals surface area contributed by atoms with E-state index in [0.29, 0.717) is 11.1 Å². The molecule has 0 fully saturated rings. The van der Waals surface area contributed by atoms with Crippen molar-refractivity contribution in [3.8, 4) is 5.75 Å². The minimum atomic E-state index is -0.687. The highest BCUT2D eigenvalue weighted by molar-refractivity contribution is 6.04. The van der Waals surface area contributed by atoms with E-state index < -0.39 is 17.7 Å². The van der Waals surface area contributed by atoms with Crippen LogP contribution in [0.4, 0.5) is 5.69 Å². The van der Waals surface area contributed by atoms with Crippen LogP contribution in [-0.4, -0.2) is 30.3 Å². The van der Waals surface area contributed by atoms with Crippen LogP contribution in [0.1, 0.15) is 71.4 Å². The molecular weight excluding hydrogens is 346 g/mol. The molecule has 1 aromatic carbocycles. The molecule has 0 aliphatic rings. The van der Waals surface area contributed by atoms with Crippen molar-refractivity contribution >= 4 is 30.0 Å². The average Bonchev–Trinajstić information content (AvgIpc) is 2.53. The molecule has 0 heterocycles. The topological polar surface area (TPSA) is 98.9 Å². The van der Waals surface area contributed by atoms with Gasteiger partial charge in [0, 0.05) is 5.69 Å². The van der Waals surface area contributed by atoms with Crippen molar-refractivity contribution in [2.45, 2.75) is 53.4 Å². The Kier molecular flexibility index (Phi) is 9.98. The third-order valence-corrected chi connectivity index (χ3v) is 3.90. The maximum atomic E-state index is 12.3. The smallest absolute Gasteiger partial charge is 0.342 e. The first-order chi connectivity index (χ1) is 11.4. The molecule has 0 unspecified atom stereocenters. The molecule has 0 saturated heterocycles. The van der Waals surface area contributed by atoms with Crippen molar-refractivity contribution in [3.63, 3.8) is 0 Å². The molecule has 0 aliphatic carbocycles. The number of rotatable bonds is 8. The number of hydrogen-bond donors (Lipinski definition) is 2. The number of esters is 2. The first-order valence-corrected chi connectivity index (χ1v) is 8.32. The lowest BCUT2D eigenvalue weighted by Gasteiger charge is -2.17. The van der Waals surface area contributed by atoms with Gasteiger partial charge in [-0.05, 0) is 37.8 Å². The lowest BCUT2D eigenvalue weighted by Crippen LogP contribution is -2.16. The van der Waals surface area contributed by atoms with Gasteiger partial charge in [-0.15, -0.1) is 12.4 Å². The lowest BCUT2D eigenvalue weighted by molar-refractivity contribution is 0.0491. The zero-order chi connectivity index (χ0) is 18.3.